The number of carbonyl (C=O) groups excluding carboxylic acids is 1. The van der Waals surface area contributed by atoms with E-state index in [2.05, 4.69) is 0 Å². The van der Waals surface area contributed by atoms with E-state index >= 15 is 0 Å². The molecule has 1 aliphatic carbocycles. The van der Waals surface area contributed by atoms with Crippen LogP contribution in [0.25, 0.3) is 0 Å². The third-order valence-electron chi connectivity index (χ3n) is 4.40. The number of rotatable bonds is 3. The molecule has 0 aromatic heterocycles. The summed E-state index contributed by atoms with van der Waals surface area (Å²) in [6, 6.07) is 7.89. The number of fused-ring (bicyclic) bond motifs is 1. The van der Waals surface area contributed by atoms with Crippen LogP contribution in [0.3, 0.4) is 0 Å². The van der Waals surface area contributed by atoms with Crippen molar-refractivity contribution in [3.63, 3.8) is 0 Å². The van der Waals surface area contributed by atoms with Gasteiger partial charge in [-0.3, -0.25) is 4.79 Å². The second kappa shape index (κ2) is 6.12. The summed E-state index contributed by atoms with van der Waals surface area (Å²) in [6.07, 6.45) is 3.98. The SMILES string of the molecule is NC(=S)c1ccc(CC(=O)N2CCOC3CCCC32)cc1. The second-order valence-electron chi connectivity index (χ2n) is 5.73. The maximum absolute atomic E-state index is 12.5. The van der Waals surface area contributed by atoms with E-state index in [1.54, 1.807) is 0 Å². The molecule has 1 aliphatic heterocycles. The number of thiocarbonyl (C=S) groups is 1. The summed E-state index contributed by atoms with van der Waals surface area (Å²) in [4.78, 5) is 14.9. The van der Waals surface area contributed by atoms with E-state index < -0.39 is 0 Å². The Morgan fingerprint density at radius 1 is 1.33 bits per heavy atom. The normalized spacial score (nSPS) is 24.7. The quantitative estimate of drug-likeness (QED) is 0.863. The van der Waals surface area contributed by atoms with E-state index in [4.69, 9.17) is 22.7 Å². The largest absolute Gasteiger partial charge is 0.389 e. The van der Waals surface area contributed by atoms with E-state index in [9.17, 15) is 4.79 Å². The zero-order valence-corrected chi connectivity index (χ0v) is 12.8. The molecule has 1 amide bonds. The molecule has 0 radical (unpaired) electrons. The molecule has 4 nitrogen and oxygen atoms in total. The lowest BCUT2D eigenvalue weighted by molar-refractivity contribution is -0.143. The van der Waals surface area contributed by atoms with Crippen molar-refractivity contribution in [1.82, 2.24) is 4.90 Å². The third-order valence-corrected chi connectivity index (χ3v) is 4.63. The fourth-order valence-electron chi connectivity index (χ4n) is 3.30. The maximum Gasteiger partial charge on any atom is 0.227 e. The van der Waals surface area contributed by atoms with Crippen LogP contribution in [0.5, 0.6) is 0 Å². The molecule has 0 bridgehead atoms. The molecule has 2 aliphatic rings. The van der Waals surface area contributed by atoms with Crippen molar-refractivity contribution in [3.05, 3.63) is 35.4 Å². The van der Waals surface area contributed by atoms with Crippen LogP contribution >= 0.6 is 12.2 Å². The number of morpholine rings is 1. The van der Waals surface area contributed by atoms with Crippen molar-refractivity contribution in [2.75, 3.05) is 13.2 Å². The van der Waals surface area contributed by atoms with Crippen LogP contribution in [0.1, 0.15) is 30.4 Å². The minimum absolute atomic E-state index is 0.193. The monoisotopic (exact) mass is 304 g/mol. The fraction of sp³-hybridized carbons (Fsp3) is 0.500. The van der Waals surface area contributed by atoms with Gasteiger partial charge < -0.3 is 15.4 Å². The first-order chi connectivity index (χ1) is 10.1. The number of hydrogen-bond donors (Lipinski definition) is 1. The zero-order valence-electron chi connectivity index (χ0n) is 12.0. The average Bonchev–Trinajstić information content (AvgIpc) is 2.96. The van der Waals surface area contributed by atoms with Gasteiger partial charge in [0.15, 0.2) is 0 Å². The highest BCUT2D eigenvalue weighted by molar-refractivity contribution is 7.80. The van der Waals surface area contributed by atoms with Crippen molar-refractivity contribution < 1.29 is 9.53 Å². The average molecular weight is 304 g/mol. The number of hydrogen-bond acceptors (Lipinski definition) is 3. The lowest BCUT2D eigenvalue weighted by atomic mass is 10.1. The van der Waals surface area contributed by atoms with E-state index in [1.165, 1.54) is 0 Å². The minimum atomic E-state index is 0.193. The van der Waals surface area contributed by atoms with Crippen LogP contribution in [-0.4, -0.2) is 41.1 Å². The first-order valence-corrected chi connectivity index (χ1v) is 7.86. The number of nitrogens with two attached hydrogens (primary N) is 1. The molecule has 2 fully saturated rings. The molecular weight excluding hydrogens is 284 g/mol. The molecular formula is C16H20N2O2S. The first-order valence-electron chi connectivity index (χ1n) is 7.45. The van der Waals surface area contributed by atoms with Gasteiger partial charge >= 0.3 is 0 Å². The van der Waals surface area contributed by atoms with Gasteiger partial charge in [0, 0.05) is 12.1 Å². The van der Waals surface area contributed by atoms with Gasteiger partial charge in [0.2, 0.25) is 5.91 Å². The summed E-state index contributed by atoms with van der Waals surface area (Å²) in [5.41, 5.74) is 7.42. The van der Waals surface area contributed by atoms with Gasteiger partial charge in [-0.1, -0.05) is 36.5 Å². The molecule has 112 valence electrons. The van der Waals surface area contributed by atoms with Crippen LogP contribution in [-0.2, 0) is 16.0 Å². The molecule has 1 aromatic rings. The van der Waals surface area contributed by atoms with Gasteiger partial charge in [0.05, 0.1) is 25.2 Å². The highest BCUT2D eigenvalue weighted by Gasteiger charge is 2.38. The summed E-state index contributed by atoms with van der Waals surface area (Å²) in [6.45, 7) is 1.37. The number of nitrogens with zero attached hydrogens (tertiary/aromatic N) is 1. The Morgan fingerprint density at radius 2 is 2.10 bits per heavy atom. The van der Waals surface area contributed by atoms with Crippen molar-refractivity contribution in [3.8, 4) is 0 Å². The molecule has 1 saturated carbocycles. The maximum atomic E-state index is 12.5. The molecule has 5 heteroatoms. The van der Waals surface area contributed by atoms with Crippen molar-refractivity contribution in [2.45, 2.75) is 37.8 Å². The topological polar surface area (TPSA) is 55.6 Å². The minimum Gasteiger partial charge on any atom is -0.389 e. The van der Waals surface area contributed by atoms with Crippen LogP contribution in [0, 0.1) is 0 Å². The molecule has 2 N–H and O–H groups in total. The Labute approximate surface area is 130 Å². The lowest BCUT2D eigenvalue weighted by Crippen LogP contribution is -2.51. The third kappa shape index (κ3) is 3.09. The Bertz CT molecular complexity index is 544. The molecule has 2 unspecified atom stereocenters. The predicted octanol–water partition coefficient (Wildman–Crippen LogP) is 1.64. The summed E-state index contributed by atoms with van der Waals surface area (Å²) in [7, 11) is 0. The molecule has 3 rings (SSSR count). The van der Waals surface area contributed by atoms with Gasteiger partial charge in [-0.2, -0.15) is 0 Å². The van der Waals surface area contributed by atoms with E-state index in [-0.39, 0.29) is 18.1 Å². The van der Waals surface area contributed by atoms with Crippen LogP contribution in [0.2, 0.25) is 0 Å². The summed E-state index contributed by atoms with van der Waals surface area (Å²) in [5.74, 6) is 0.193. The van der Waals surface area contributed by atoms with Crippen molar-refractivity contribution in [1.29, 1.82) is 0 Å². The van der Waals surface area contributed by atoms with Crippen LogP contribution < -0.4 is 5.73 Å². The Balaban J connectivity index is 1.66. The lowest BCUT2D eigenvalue weighted by Gasteiger charge is -2.37. The Hall–Kier alpha value is -1.46. The van der Waals surface area contributed by atoms with Gasteiger partial charge in [-0.15, -0.1) is 0 Å². The molecule has 1 saturated heterocycles. The number of carbonyl (C=O) groups is 1. The summed E-state index contributed by atoms with van der Waals surface area (Å²) in [5, 5.41) is 0. The smallest absolute Gasteiger partial charge is 0.227 e. The predicted molar refractivity (Wildman–Crippen MR) is 85.1 cm³/mol. The van der Waals surface area contributed by atoms with Gasteiger partial charge in [0.25, 0.3) is 0 Å². The zero-order chi connectivity index (χ0) is 14.8. The van der Waals surface area contributed by atoms with Crippen LogP contribution in [0.4, 0.5) is 0 Å². The van der Waals surface area contributed by atoms with E-state index in [0.29, 0.717) is 24.6 Å². The standard InChI is InChI=1S/C16H20N2O2S/c17-16(21)12-6-4-11(5-7-12)10-15(19)18-8-9-20-14-3-1-2-13(14)18/h4-7,13-14H,1-3,8-10H2,(H2,17,21). The fourth-order valence-corrected chi connectivity index (χ4v) is 3.43. The highest BCUT2D eigenvalue weighted by atomic mass is 32.1. The van der Waals surface area contributed by atoms with Crippen LogP contribution in [0.15, 0.2) is 24.3 Å². The molecule has 0 spiro atoms. The van der Waals surface area contributed by atoms with Crippen molar-refractivity contribution >= 4 is 23.1 Å². The number of ether oxygens (including phenoxy) is 1. The van der Waals surface area contributed by atoms with Gasteiger partial charge in [0.1, 0.15) is 4.99 Å². The van der Waals surface area contributed by atoms with Gasteiger partial charge in [-0.05, 0) is 24.8 Å². The second-order valence-corrected chi connectivity index (χ2v) is 6.17. The van der Waals surface area contributed by atoms with E-state index in [0.717, 1.165) is 30.4 Å². The first kappa shape index (κ1) is 14.5. The molecule has 2 atom stereocenters. The summed E-state index contributed by atoms with van der Waals surface area (Å²) < 4.78 is 5.75. The molecule has 1 heterocycles. The summed E-state index contributed by atoms with van der Waals surface area (Å²) >= 11 is 4.94. The van der Waals surface area contributed by atoms with Gasteiger partial charge in [-0.25, -0.2) is 0 Å². The molecule has 21 heavy (non-hydrogen) atoms. The van der Waals surface area contributed by atoms with Crippen molar-refractivity contribution in [2.24, 2.45) is 5.73 Å². The molecule has 1 aromatic carbocycles. The highest BCUT2D eigenvalue weighted by Crippen LogP contribution is 2.30. The van der Waals surface area contributed by atoms with E-state index in [1.807, 2.05) is 29.2 Å². The Kier molecular flexibility index (Phi) is 4.22. The number of benzene rings is 1. The Morgan fingerprint density at radius 3 is 2.81 bits per heavy atom. The number of amides is 1.